The van der Waals surface area contributed by atoms with Gasteiger partial charge in [0.25, 0.3) is 0 Å². The van der Waals surface area contributed by atoms with Gasteiger partial charge in [0.1, 0.15) is 13.2 Å². The minimum Gasteiger partial charge on any atom is -0.462 e. The van der Waals surface area contributed by atoms with E-state index < -0.39 is 12.1 Å². The third kappa shape index (κ3) is 41.6. The standard InChI is InChI=1S/C49H80O6/c1-4-7-10-13-16-19-21-22-23-24-25-26-28-30-33-36-39-42-48(51)54-45-46(44-53-47(50)41-38-35-32-29-18-15-12-9-6-3)55-49(52)43-40-37-34-31-27-20-17-14-11-8-5-2/h9,12,14,16-20,22-23,27,29,35,38,46H,4-8,10-11,13,15,21,24-26,28,30-34,36-37,39-45H2,1-3H3/b12-9-,17-14-,19-16-,23-22-,27-20-,29-18-,38-35-. The summed E-state index contributed by atoms with van der Waals surface area (Å²) in [7, 11) is 0. The van der Waals surface area contributed by atoms with Gasteiger partial charge in [-0.2, -0.15) is 0 Å². The number of hydrogen-bond donors (Lipinski definition) is 0. The Morgan fingerprint density at radius 2 is 0.855 bits per heavy atom. The Hall–Kier alpha value is -3.41. The molecule has 0 rings (SSSR count). The first-order valence-electron chi connectivity index (χ1n) is 22.1. The van der Waals surface area contributed by atoms with E-state index in [0.29, 0.717) is 12.8 Å². The second-order valence-electron chi connectivity index (χ2n) is 14.3. The molecular weight excluding hydrogens is 685 g/mol. The Labute approximate surface area is 337 Å². The SMILES string of the molecule is CC/C=C\C/C=C\C/C=C\CC(=O)OCC(COC(=O)CCCCCCCCC/C=C\C/C=C\CCCCC)OC(=O)CCCCC/C=C\C=C/CCCC. The Morgan fingerprint density at radius 3 is 1.45 bits per heavy atom. The summed E-state index contributed by atoms with van der Waals surface area (Å²) >= 11 is 0. The van der Waals surface area contributed by atoms with Crippen molar-refractivity contribution >= 4 is 17.9 Å². The molecule has 1 unspecified atom stereocenters. The van der Waals surface area contributed by atoms with E-state index in [1.165, 1.54) is 64.2 Å². The fraction of sp³-hybridized carbons (Fsp3) is 0.653. The predicted octanol–water partition coefficient (Wildman–Crippen LogP) is 14.1. The van der Waals surface area contributed by atoms with Crippen molar-refractivity contribution in [3.05, 3.63) is 85.1 Å². The molecule has 55 heavy (non-hydrogen) atoms. The van der Waals surface area contributed by atoms with Gasteiger partial charge in [0, 0.05) is 12.8 Å². The monoisotopic (exact) mass is 765 g/mol. The number of carbonyl (C=O) groups is 3. The maximum absolute atomic E-state index is 12.7. The van der Waals surface area contributed by atoms with E-state index in [4.69, 9.17) is 14.2 Å². The van der Waals surface area contributed by atoms with E-state index in [-0.39, 0.29) is 38.0 Å². The maximum atomic E-state index is 12.7. The van der Waals surface area contributed by atoms with Crippen molar-refractivity contribution in [3.8, 4) is 0 Å². The number of esters is 3. The molecule has 6 nitrogen and oxygen atoms in total. The molecule has 0 N–H and O–H groups in total. The number of ether oxygens (including phenoxy) is 3. The smallest absolute Gasteiger partial charge is 0.309 e. The highest BCUT2D eigenvalue weighted by Gasteiger charge is 2.19. The molecule has 312 valence electrons. The van der Waals surface area contributed by atoms with Crippen LogP contribution in [-0.2, 0) is 28.6 Å². The lowest BCUT2D eigenvalue weighted by Crippen LogP contribution is -2.30. The van der Waals surface area contributed by atoms with E-state index in [1.54, 1.807) is 6.08 Å². The first kappa shape index (κ1) is 51.6. The van der Waals surface area contributed by atoms with Crippen molar-refractivity contribution in [2.24, 2.45) is 0 Å². The average molecular weight is 765 g/mol. The number of rotatable bonds is 38. The minimum absolute atomic E-state index is 0.120. The second-order valence-corrected chi connectivity index (χ2v) is 14.3. The summed E-state index contributed by atoms with van der Waals surface area (Å²) in [4.78, 5) is 37.5. The van der Waals surface area contributed by atoms with Gasteiger partial charge in [-0.15, -0.1) is 0 Å². The number of hydrogen-bond acceptors (Lipinski definition) is 6. The molecule has 0 aliphatic carbocycles. The highest BCUT2D eigenvalue weighted by molar-refractivity contribution is 5.72. The Kier molecular flexibility index (Phi) is 40.6. The van der Waals surface area contributed by atoms with Gasteiger partial charge < -0.3 is 14.2 Å². The number of allylic oxidation sites excluding steroid dienone is 13. The molecule has 0 aliphatic heterocycles. The van der Waals surface area contributed by atoms with E-state index in [9.17, 15) is 14.4 Å². The molecule has 1 atom stereocenters. The summed E-state index contributed by atoms with van der Waals surface area (Å²) in [6.45, 7) is 6.28. The number of carbonyl (C=O) groups excluding carboxylic acids is 3. The van der Waals surface area contributed by atoms with Gasteiger partial charge in [0.2, 0.25) is 0 Å². The van der Waals surface area contributed by atoms with Crippen LogP contribution in [0.25, 0.3) is 0 Å². The summed E-state index contributed by atoms with van der Waals surface area (Å²) < 4.78 is 16.5. The first-order chi connectivity index (χ1) is 27.0. The molecule has 0 saturated heterocycles. The largest absolute Gasteiger partial charge is 0.462 e. The van der Waals surface area contributed by atoms with Gasteiger partial charge in [0.15, 0.2) is 6.10 Å². The summed E-state index contributed by atoms with van der Waals surface area (Å²) in [5.74, 6) is -1.10. The van der Waals surface area contributed by atoms with Crippen molar-refractivity contribution in [2.75, 3.05) is 13.2 Å². The van der Waals surface area contributed by atoms with Gasteiger partial charge in [-0.3, -0.25) is 14.4 Å². The van der Waals surface area contributed by atoms with Gasteiger partial charge >= 0.3 is 17.9 Å². The summed E-state index contributed by atoms with van der Waals surface area (Å²) in [6.07, 6.45) is 54.6. The van der Waals surface area contributed by atoms with Crippen molar-refractivity contribution in [1.82, 2.24) is 0 Å². The molecule has 0 aromatic heterocycles. The molecule has 0 aromatic rings. The molecule has 6 heteroatoms. The molecule has 0 heterocycles. The molecule has 0 saturated carbocycles. The van der Waals surface area contributed by atoms with E-state index in [1.807, 2.05) is 6.08 Å². The lowest BCUT2D eigenvalue weighted by atomic mass is 10.1. The second kappa shape index (κ2) is 43.3. The van der Waals surface area contributed by atoms with Crippen LogP contribution in [0, 0.1) is 0 Å². The zero-order chi connectivity index (χ0) is 40.1. The predicted molar refractivity (Wildman–Crippen MR) is 233 cm³/mol. The Balaban J connectivity index is 4.44. The van der Waals surface area contributed by atoms with Crippen LogP contribution in [0.5, 0.6) is 0 Å². The van der Waals surface area contributed by atoms with E-state index in [2.05, 4.69) is 93.7 Å². The topological polar surface area (TPSA) is 78.9 Å². The average Bonchev–Trinajstić information content (AvgIpc) is 3.18. The van der Waals surface area contributed by atoms with Gasteiger partial charge in [-0.05, 0) is 83.5 Å². The van der Waals surface area contributed by atoms with Crippen LogP contribution < -0.4 is 0 Å². The molecule has 0 aliphatic rings. The number of unbranched alkanes of at least 4 members (excludes halogenated alkanes) is 15. The Morgan fingerprint density at radius 1 is 0.418 bits per heavy atom. The normalized spacial score (nSPS) is 12.9. The zero-order valence-electron chi connectivity index (χ0n) is 35.4. The lowest BCUT2D eigenvalue weighted by molar-refractivity contribution is -0.166. The van der Waals surface area contributed by atoms with Crippen LogP contribution >= 0.6 is 0 Å². The highest BCUT2D eigenvalue weighted by Crippen LogP contribution is 2.12. The van der Waals surface area contributed by atoms with Crippen LogP contribution in [0.1, 0.15) is 188 Å². The molecule has 0 amide bonds. The quantitative estimate of drug-likeness (QED) is 0.0205. The fourth-order valence-electron chi connectivity index (χ4n) is 5.57. The molecule has 0 spiro atoms. The van der Waals surface area contributed by atoms with Crippen LogP contribution in [-0.4, -0.2) is 37.2 Å². The summed E-state index contributed by atoms with van der Waals surface area (Å²) in [5, 5.41) is 0. The Bertz CT molecular complexity index is 1110. The fourth-order valence-corrected chi connectivity index (χ4v) is 5.57. The molecule has 0 aromatic carbocycles. The zero-order valence-corrected chi connectivity index (χ0v) is 35.4. The van der Waals surface area contributed by atoms with Gasteiger partial charge in [0.05, 0.1) is 6.42 Å². The summed E-state index contributed by atoms with van der Waals surface area (Å²) in [5.41, 5.74) is 0. The molecular formula is C49H80O6. The maximum Gasteiger partial charge on any atom is 0.309 e. The van der Waals surface area contributed by atoms with Gasteiger partial charge in [-0.1, -0.05) is 170 Å². The van der Waals surface area contributed by atoms with Crippen LogP contribution in [0.15, 0.2) is 85.1 Å². The third-order valence-corrected chi connectivity index (χ3v) is 8.91. The van der Waals surface area contributed by atoms with Crippen molar-refractivity contribution < 1.29 is 28.6 Å². The van der Waals surface area contributed by atoms with Crippen LogP contribution in [0.4, 0.5) is 0 Å². The van der Waals surface area contributed by atoms with E-state index >= 15 is 0 Å². The van der Waals surface area contributed by atoms with Crippen molar-refractivity contribution in [1.29, 1.82) is 0 Å². The van der Waals surface area contributed by atoms with Crippen LogP contribution in [0.3, 0.4) is 0 Å². The van der Waals surface area contributed by atoms with Crippen LogP contribution in [0.2, 0.25) is 0 Å². The molecule has 0 fully saturated rings. The van der Waals surface area contributed by atoms with Crippen molar-refractivity contribution in [2.45, 2.75) is 194 Å². The third-order valence-electron chi connectivity index (χ3n) is 8.91. The minimum atomic E-state index is -0.826. The lowest BCUT2D eigenvalue weighted by Gasteiger charge is -2.18. The highest BCUT2D eigenvalue weighted by atomic mass is 16.6. The van der Waals surface area contributed by atoms with Crippen molar-refractivity contribution in [3.63, 3.8) is 0 Å². The first-order valence-corrected chi connectivity index (χ1v) is 22.1. The van der Waals surface area contributed by atoms with Gasteiger partial charge in [-0.25, -0.2) is 0 Å². The molecule has 0 radical (unpaired) electrons. The summed E-state index contributed by atoms with van der Waals surface area (Å²) in [6, 6.07) is 0. The van der Waals surface area contributed by atoms with E-state index in [0.717, 1.165) is 77.0 Å². The molecule has 0 bridgehead atoms.